The molecule has 4 saturated carbocycles. The lowest BCUT2D eigenvalue weighted by Gasteiger charge is -2.62. The van der Waals surface area contributed by atoms with Gasteiger partial charge in [0, 0.05) is 12.8 Å². The van der Waals surface area contributed by atoms with E-state index in [0.717, 1.165) is 44.9 Å². The minimum atomic E-state index is -0.169. The third kappa shape index (κ3) is 2.54. The number of Topliss-reactive ketones (excluding diaryl/α,β-unsaturated/α-hetero) is 1. The average molecular weight is 383 g/mol. The van der Waals surface area contributed by atoms with Crippen molar-refractivity contribution in [1.29, 1.82) is 0 Å². The molecule has 0 heterocycles. The van der Waals surface area contributed by atoms with Gasteiger partial charge in [-0.15, -0.1) is 0 Å². The lowest BCUT2D eigenvalue weighted by atomic mass is 9.42. The predicted molar refractivity (Wildman–Crippen MR) is 109 cm³/mol. The summed E-state index contributed by atoms with van der Waals surface area (Å²) >= 11 is 0. The van der Waals surface area contributed by atoms with Crippen LogP contribution in [0.25, 0.3) is 0 Å². The summed E-state index contributed by atoms with van der Waals surface area (Å²) in [6.07, 6.45) is 7.84. The molecule has 5 rings (SSSR count). The van der Waals surface area contributed by atoms with Crippen LogP contribution in [-0.2, 0) is 4.79 Å². The molecule has 1 aromatic rings. The molecule has 0 aromatic heterocycles. The summed E-state index contributed by atoms with van der Waals surface area (Å²) in [5.74, 6) is 3.46. The van der Waals surface area contributed by atoms with Gasteiger partial charge in [0.15, 0.2) is 0 Å². The monoisotopic (exact) mass is 382 g/mol. The van der Waals surface area contributed by atoms with Gasteiger partial charge in [0.1, 0.15) is 11.5 Å². The number of carbonyl (C=O) groups is 1. The number of aliphatic hydroxyl groups is 1. The molecule has 28 heavy (non-hydrogen) atoms. The molecule has 3 nitrogen and oxygen atoms in total. The zero-order valence-corrected chi connectivity index (χ0v) is 17.2. The van der Waals surface area contributed by atoms with Gasteiger partial charge in [0.05, 0.1) is 6.10 Å². The van der Waals surface area contributed by atoms with E-state index in [9.17, 15) is 15.0 Å². The highest BCUT2D eigenvalue weighted by atomic mass is 16.3. The van der Waals surface area contributed by atoms with Gasteiger partial charge in [-0.05, 0) is 96.6 Å². The van der Waals surface area contributed by atoms with Crippen molar-refractivity contribution in [2.24, 2.45) is 34.5 Å². The fourth-order valence-electron chi connectivity index (χ4n) is 8.10. The number of aromatic hydroxyl groups is 1. The summed E-state index contributed by atoms with van der Waals surface area (Å²) in [5.41, 5.74) is 1.63. The lowest BCUT2D eigenvalue weighted by Crippen LogP contribution is -2.56. The SMILES string of the molecule is C[C@]12CCC(=O)CC1C[C@@H](c1ccc(O)cc1)C1C2CC[C@@]2(C)C1CC[C@@H]2O. The smallest absolute Gasteiger partial charge is 0.133 e. The van der Waals surface area contributed by atoms with Gasteiger partial charge in [0.25, 0.3) is 0 Å². The highest BCUT2D eigenvalue weighted by molar-refractivity contribution is 5.79. The number of rotatable bonds is 1. The number of hydrogen-bond acceptors (Lipinski definition) is 3. The van der Waals surface area contributed by atoms with Gasteiger partial charge >= 0.3 is 0 Å². The Morgan fingerprint density at radius 2 is 1.68 bits per heavy atom. The number of phenolic OH excluding ortho intramolecular Hbond substituents is 1. The topological polar surface area (TPSA) is 57.5 Å². The van der Waals surface area contributed by atoms with E-state index in [-0.39, 0.29) is 16.9 Å². The molecule has 3 heteroatoms. The molecule has 4 aliphatic carbocycles. The standard InChI is InChI=1S/C25H34O3/c1-24-11-9-18(27)13-16(24)14-19(15-3-5-17(26)6-4-15)23-20-7-8-22(28)25(20,2)12-10-21(23)24/h3-6,16,19-23,26,28H,7-14H2,1-2H3/t16?,19-,20?,21?,22-,23?,24-,25-/m0/s1. The largest absolute Gasteiger partial charge is 0.508 e. The van der Waals surface area contributed by atoms with Crippen molar-refractivity contribution in [2.45, 2.75) is 77.2 Å². The molecular weight excluding hydrogens is 348 g/mol. The molecule has 8 atom stereocenters. The second-order valence-electron chi connectivity index (χ2n) is 10.8. The Balaban J connectivity index is 1.59. The van der Waals surface area contributed by atoms with E-state index in [1.807, 2.05) is 12.1 Å². The third-order valence-corrected chi connectivity index (χ3v) is 9.80. The van der Waals surface area contributed by atoms with Gasteiger partial charge < -0.3 is 10.2 Å². The summed E-state index contributed by atoms with van der Waals surface area (Å²) in [4.78, 5) is 12.3. The minimum Gasteiger partial charge on any atom is -0.508 e. The Morgan fingerprint density at radius 1 is 0.964 bits per heavy atom. The summed E-state index contributed by atoms with van der Waals surface area (Å²) in [6.45, 7) is 4.81. The normalized spacial score (nSPS) is 47.9. The van der Waals surface area contributed by atoms with Crippen LogP contribution in [0, 0.1) is 34.5 Å². The molecule has 0 radical (unpaired) electrons. The molecule has 4 aliphatic rings. The zero-order chi connectivity index (χ0) is 19.7. The molecule has 4 fully saturated rings. The first kappa shape index (κ1) is 18.7. The van der Waals surface area contributed by atoms with Crippen LogP contribution in [0.15, 0.2) is 24.3 Å². The van der Waals surface area contributed by atoms with Gasteiger partial charge in [0.2, 0.25) is 0 Å². The van der Waals surface area contributed by atoms with Crippen LogP contribution in [0.4, 0.5) is 0 Å². The maximum Gasteiger partial charge on any atom is 0.133 e. The number of ketones is 1. The van der Waals surface area contributed by atoms with Crippen molar-refractivity contribution in [3.63, 3.8) is 0 Å². The molecule has 152 valence electrons. The van der Waals surface area contributed by atoms with Crippen molar-refractivity contribution in [3.05, 3.63) is 29.8 Å². The van der Waals surface area contributed by atoms with E-state index in [1.54, 1.807) is 0 Å². The number of aliphatic hydroxyl groups excluding tert-OH is 1. The summed E-state index contributed by atoms with van der Waals surface area (Å²) < 4.78 is 0. The van der Waals surface area contributed by atoms with E-state index in [1.165, 1.54) is 12.0 Å². The van der Waals surface area contributed by atoms with E-state index < -0.39 is 0 Å². The summed E-state index contributed by atoms with van der Waals surface area (Å²) in [7, 11) is 0. The first-order valence-electron chi connectivity index (χ1n) is 11.3. The second-order valence-corrected chi connectivity index (χ2v) is 10.8. The van der Waals surface area contributed by atoms with E-state index in [0.29, 0.717) is 41.1 Å². The second kappa shape index (κ2) is 6.32. The zero-order valence-electron chi connectivity index (χ0n) is 17.2. The number of carbonyl (C=O) groups excluding carboxylic acids is 1. The molecule has 0 spiro atoms. The van der Waals surface area contributed by atoms with Gasteiger partial charge in [-0.3, -0.25) is 4.79 Å². The van der Waals surface area contributed by atoms with Crippen LogP contribution >= 0.6 is 0 Å². The van der Waals surface area contributed by atoms with Gasteiger partial charge in [-0.25, -0.2) is 0 Å². The highest BCUT2D eigenvalue weighted by Gasteiger charge is 2.62. The first-order chi connectivity index (χ1) is 13.3. The molecule has 1 aromatic carbocycles. The predicted octanol–water partition coefficient (Wildman–Crippen LogP) is 5.06. The molecular formula is C25H34O3. The van der Waals surface area contributed by atoms with Crippen LogP contribution in [0.5, 0.6) is 5.75 Å². The molecule has 0 amide bonds. The molecule has 0 bridgehead atoms. The van der Waals surface area contributed by atoms with Crippen molar-refractivity contribution >= 4 is 5.78 Å². The van der Waals surface area contributed by atoms with Crippen LogP contribution in [0.3, 0.4) is 0 Å². The number of hydrogen-bond donors (Lipinski definition) is 2. The number of phenols is 1. The first-order valence-corrected chi connectivity index (χ1v) is 11.3. The van der Waals surface area contributed by atoms with Crippen molar-refractivity contribution in [2.75, 3.05) is 0 Å². The number of benzene rings is 1. The maximum atomic E-state index is 12.3. The fourth-order valence-corrected chi connectivity index (χ4v) is 8.10. The summed E-state index contributed by atoms with van der Waals surface area (Å²) in [6, 6.07) is 7.83. The van der Waals surface area contributed by atoms with Crippen molar-refractivity contribution in [1.82, 2.24) is 0 Å². The Morgan fingerprint density at radius 3 is 2.43 bits per heavy atom. The molecule has 0 saturated heterocycles. The van der Waals surface area contributed by atoms with Crippen molar-refractivity contribution < 1.29 is 15.0 Å². The average Bonchev–Trinajstić information content (AvgIpc) is 2.98. The highest BCUT2D eigenvalue weighted by Crippen LogP contribution is 2.68. The van der Waals surface area contributed by atoms with Gasteiger partial charge in [-0.2, -0.15) is 0 Å². The van der Waals surface area contributed by atoms with Crippen molar-refractivity contribution in [3.8, 4) is 5.75 Å². The third-order valence-electron chi connectivity index (χ3n) is 9.80. The number of fused-ring (bicyclic) bond motifs is 5. The Bertz CT molecular complexity index is 771. The van der Waals surface area contributed by atoms with Crippen LogP contribution in [0.1, 0.15) is 76.7 Å². The molecule has 0 aliphatic heterocycles. The van der Waals surface area contributed by atoms with E-state index >= 15 is 0 Å². The quantitative estimate of drug-likeness (QED) is 0.714. The van der Waals surface area contributed by atoms with E-state index in [2.05, 4.69) is 26.0 Å². The van der Waals surface area contributed by atoms with Crippen LogP contribution in [-0.4, -0.2) is 22.1 Å². The van der Waals surface area contributed by atoms with E-state index in [4.69, 9.17) is 0 Å². The van der Waals surface area contributed by atoms with Crippen LogP contribution in [0.2, 0.25) is 0 Å². The lowest BCUT2D eigenvalue weighted by molar-refractivity contribution is -0.146. The van der Waals surface area contributed by atoms with Crippen LogP contribution < -0.4 is 0 Å². The summed E-state index contributed by atoms with van der Waals surface area (Å²) in [5, 5.41) is 20.6. The molecule has 4 unspecified atom stereocenters. The Labute approximate surface area is 168 Å². The van der Waals surface area contributed by atoms with Gasteiger partial charge in [-0.1, -0.05) is 26.0 Å². The fraction of sp³-hybridized carbons (Fsp3) is 0.720. The maximum absolute atomic E-state index is 12.3. The Kier molecular flexibility index (Phi) is 4.21. The minimum absolute atomic E-state index is 0.0457. The Hall–Kier alpha value is -1.35. The molecule has 2 N–H and O–H groups in total.